The number of rotatable bonds is 2. The number of halogens is 3. The topological polar surface area (TPSA) is 60.2 Å². The Morgan fingerprint density at radius 2 is 1.82 bits per heavy atom. The van der Waals surface area contributed by atoms with Crippen molar-refractivity contribution in [1.29, 1.82) is 0 Å². The molecular formula is C10H10F3NO2S. The normalized spacial score (nSPS) is 17.2. The van der Waals surface area contributed by atoms with Gasteiger partial charge < -0.3 is 0 Å². The van der Waals surface area contributed by atoms with Gasteiger partial charge in [-0.3, -0.25) is 0 Å². The maximum Gasteiger partial charge on any atom is 0.416 e. The molecule has 0 aliphatic heterocycles. The van der Waals surface area contributed by atoms with Crippen molar-refractivity contribution in [3.8, 4) is 0 Å². The fourth-order valence-corrected chi connectivity index (χ4v) is 2.68. The van der Waals surface area contributed by atoms with Gasteiger partial charge in [-0.25, -0.2) is 13.6 Å². The Hall–Kier alpha value is -1.08. The van der Waals surface area contributed by atoms with Crippen LogP contribution >= 0.6 is 0 Å². The molecule has 2 rings (SSSR count). The van der Waals surface area contributed by atoms with Crippen LogP contribution in [0, 0.1) is 0 Å². The van der Waals surface area contributed by atoms with Crippen molar-refractivity contribution in [2.75, 3.05) is 0 Å². The second-order valence-corrected chi connectivity index (χ2v) is 5.56. The molecule has 0 unspecified atom stereocenters. The maximum atomic E-state index is 12.8. The molecule has 1 saturated carbocycles. The standard InChI is InChI=1S/C10H10F3NO2S/c11-10(12,13)7-2-1-3-8(17(14,15)16)9(7)6-4-5-6/h1-3,6H,4-5H2,(H2,14,15,16). The summed E-state index contributed by atoms with van der Waals surface area (Å²) in [7, 11) is -4.12. The van der Waals surface area contributed by atoms with Crippen LogP contribution in [0.1, 0.15) is 29.9 Å². The van der Waals surface area contributed by atoms with Crippen molar-refractivity contribution in [1.82, 2.24) is 0 Å². The van der Waals surface area contributed by atoms with Gasteiger partial charge in [0, 0.05) is 0 Å². The lowest BCUT2D eigenvalue weighted by atomic mass is 10.0. The van der Waals surface area contributed by atoms with Crippen LogP contribution in [0.3, 0.4) is 0 Å². The largest absolute Gasteiger partial charge is 0.416 e. The van der Waals surface area contributed by atoms with Gasteiger partial charge in [0.15, 0.2) is 0 Å². The van der Waals surface area contributed by atoms with E-state index in [1.807, 2.05) is 0 Å². The van der Waals surface area contributed by atoms with Gasteiger partial charge >= 0.3 is 6.18 Å². The van der Waals surface area contributed by atoms with E-state index in [-0.39, 0.29) is 11.5 Å². The molecule has 0 bridgehead atoms. The van der Waals surface area contributed by atoms with Crippen LogP contribution in [0.4, 0.5) is 13.2 Å². The summed E-state index contributed by atoms with van der Waals surface area (Å²) in [5.41, 5.74) is -1.07. The molecule has 1 aliphatic rings. The summed E-state index contributed by atoms with van der Waals surface area (Å²) in [4.78, 5) is -0.408. The summed E-state index contributed by atoms with van der Waals surface area (Å²) in [5, 5.41) is 4.94. The molecule has 0 aromatic heterocycles. The van der Waals surface area contributed by atoms with Crippen molar-refractivity contribution in [3.63, 3.8) is 0 Å². The number of benzene rings is 1. The number of sulfonamides is 1. The van der Waals surface area contributed by atoms with Gasteiger partial charge in [-0.2, -0.15) is 13.2 Å². The van der Waals surface area contributed by atoms with Crippen molar-refractivity contribution in [2.45, 2.75) is 29.8 Å². The van der Waals surface area contributed by atoms with Gasteiger partial charge in [-0.1, -0.05) is 6.07 Å². The highest BCUT2D eigenvalue weighted by Crippen LogP contribution is 2.48. The molecule has 7 heteroatoms. The van der Waals surface area contributed by atoms with Gasteiger partial charge in [0.05, 0.1) is 10.5 Å². The average molecular weight is 265 g/mol. The molecule has 2 N–H and O–H groups in total. The van der Waals surface area contributed by atoms with E-state index < -0.39 is 26.7 Å². The fraction of sp³-hybridized carbons (Fsp3) is 0.400. The van der Waals surface area contributed by atoms with E-state index >= 15 is 0 Å². The lowest BCUT2D eigenvalue weighted by Gasteiger charge is -2.15. The van der Waals surface area contributed by atoms with E-state index in [9.17, 15) is 21.6 Å². The minimum Gasteiger partial charge on any atom is -0.225 e. The first kappa shape index (κ1) is 12.4. The van der Waals surface area contributed by atoms with Crippen LogP contribution in [0.25, 0.3) is 0 Å². The Bertz CT molecular complexity index is 547. The Morgan fingerprint density at radius 3 is 2.24 bits per heavy atom. The first-order valence-electron chi connectivity index (χ1n) is 4.94. The van der Waals surface area contributed by atoms with Crippen molar-refractivity contribution >= 4 is 10.0 Å². The zero-order valence-corrected chi connectivity index (χ0v) is 9.48. The summed E-state index contributed by atoms with van der Waals surface area (Å²) in [6.45, 7) is 0. The summed E-state index contributed by atoms with van der Waals surface area (Å²) in [6, 6.07) is 3.08. The van der Waals surface area contributed by atoms with Crippen molar-refractivity contribution < 1.29 is 21.6 Å². The predicted octanol–water partition coefficient (Wildman–Crippen LogP) is 2.23. The second kappa shape index (κ2) is 3.71. The Kier molecular flexibility index (Phi) is 2.70. The van der Waals surface area contributed by atoms with Gasteiger partial charge in [0.2, 0.25) is 10.0 Å². The quantitative estimate of drug-likeness (QED) is 0.891. The molecule has 1 aromatic rings. The second-order valence-electron chi connectivity index (χ2n) is 4.03. The Morgan fingerprint density at radius 1 is 1.24 bits per heavy atom. The third kappa shape index (κ3) is 2.44. The van der Waals surface area contributed by atoms with E-state index in [0.29, 0.717) is 12.8 Å². The summed E-state index contributed by atoms with van der Waals surface area (Å²) in [5.74, 6) is -0.346. The minimum atomic E-state index is -4.56. The lowest BCUT2D eigenvalue weighted by Crippen LogP contribution is -2.18. The van der Waals surface area contributed by atoms with Gasteiger partial charge in [0.1, 0.15) is 0 Å². The van der Waals surface area contributed by atoms with E-state index in [4.69, 9.17) is 5.14 Å². The monoisotopic (exact) mass is 265 g/mol. The molecule has 0 saturated heterocycles. The predicted molar refractivity (Wildman–Crippen MR) is 54.8 cm³/mol. The third-order valence-electron chi connectivity index (χ3n) is 2.66. The maximum absolute atomic E-state index is 12.8. The highest BCUT2D eigenvalue weighted by molar-refractivity contribution is 7.89. The molecule has 0 spiro atoms. The first-order chi connectivity index (χ1) is 7.71. The SMILES string of the molecule is NS(=O)(=O)c1cccc(C(F)(F)F)c1C1CC1. The molecule has 0 amide bonds. The van der Waals surface area contributed by atoms with Crippen LogP contribution in [-0.2, 0) is 16.2 Å². The zero-order valence-electron chi connectivity index (χ0n) is 8.66. The van der Waals surface area contributed by atoms with E-state index in [1.54, 1.807) is 0 Å². The lowest BCUT2D eigenvalue weighted by molar-refractivity contribution is -0.138. The highest BCUT2D eigenvalue weighted by atomic mass is 32.2. The average Bonchev–Trinajstić information content (AvgIpc) is 2.96. The number of hydrogen-bond donors (Lipinski definition) is 1. The summed E-state index contributed by atoms with van der Waals surface area (Å²) < 4.78 is 60.9. The molecule has 0 heterocycles. The van der Waals surface area contributed by atoms with Gasteiger partial charge in [0.25, 0.3) is 0 Å². The smallest absolute Gasteiger partial charge is 0.225 e. The van der Waals surface area contributed by atoms with E-state index in [1.165, 1.54) is 0 Å². The molecule has 0 radical (unpaired) electrons. The van der Waals surface area contributed by atoms with Crippen LogP contribution in [0.2, 0.25) is 0 Å². The van der Waals surface area contributed by atoms with Crippen LogP contribution in [-0.4, -0.2) is 8.42 Å². The number of alkyl halides is 3. The third-order valence-corrected chi connectivity index (χ3v) is 3.63. The summed E-state index contributed by atoms with van der Waals surface area (Å²) >= 11 is 0. The van der Waals surface area contributed by atoms with Crippen LogP contribution in [0.15, 0.2) is 23.1 Å². The molecule has 0 atom stereocenters. The van der Waals surface area contributed by atoms with Crippen molar-refractivity contribution in [2.24, 2.45) is 5.14 Å². The van der Waals surface area contributed by atoms with E-state index in [0.717, 1.165) is 18.2 Å². The fourth-order valence-electron chi connectivity index (χ4n) is 1.83. The first-order valence-corrected chi connectivity index (χ1v) is 6.49. The highest BCUT2D eigenvalue weighted by Gasteiger charge is 2.40. The van der Waals surface area contributed by atoms with Gasteiger partial charge in [-0.05, 0) is 36.5 Å². The number of nitrogens with two attached hydrogens (primary N) is 1. The zero-order chi connectivity index (χ0) is 12.8. The van der Waals surface area contributed by atoms with Crippen LogP contribution < -0.4 is 5.14 Å². The molecule has 17 heavy (non-hydrogen) atoms. The molecule has 94 valence electrons. The summed E-state index contributed by atoms with van der Waals surface area (Å²) in [6.07, 6.45) is -3.43. The number of hydrogen-bond acceptors (Lipinski definition) is 2. The van der Waals surface area contributed by atoms with Crippen molar-refractivity contribution in [3.05, 3.63) is 29.3 Å². The molecular weight excluding hydrogens is 255 g/mol. The van der Waals surface area contributed by atoms with Gasteiger partial charge in [-0.15, -0.1) is 0 Å². The Balaban J connectivity index is 2.70. The molecule has 3 nitrogen and oxygen atoms in total. The van der Waals surface area contributed by atoms with Crippen LogP contribution in [0.5, 0.6) is 0 Å². The Labute approximate surface area is 96.5 Å². The molecule has 1 aromatic carbocycles. The number of primary sulfonamides is 1. The minimum absolute atomic E-state index is 0.178. The van der Waals surface area contributed by atoms with E-state index in [2.05, 4.69) is 0 Å². The molecule has 1 aliphatic carbocycles. The molecule has 1 fully saturated rings.